The molecule has 0 unspecified atom stereocenters. The van der Waals surface area contributed by atoms with Crippen molar-refractivity contribution < 1.29 is 22.7 Å². The van der Waals surface area contributed by atoms with Crippen LogP contribution in [0.5, 0.6) is 0 Å². The van der Waals surface area contributed by atoms with E-state index in [4.69, 9.17) is 4.74 Å². The van der Waals surface area contributed by atoms with Crippen LogP contribution >= 0.6 is 0 Å². The predicted molar refractivity (Wildman–Crippen MR) is 97.8 cm³/mol. The normalized spacial score (nSPS) is 20.3. The third kappa shape index (κ3) is 4.90. The topological polar surface area (TPSA) is 26.3 Å². The summed E-state index contributed by atoms with van der Waals surface area (Å²) in [7, 11) is 0. The van der Waals surface area contributed by atoms with Crippen LogP contribution in [0.4, 0.5) is 13.2 Å². The van der Waals surface area contributed by atoms with Crippen molar-refractivity contribution in [2.75, 3.05) is 0 Å². The van der Waals surface area contributed by atoms with Crippen molar-refractivity contribution in [1.29, 1.82) is 0 Å². The van der Waals surface area contributed by atoms with E-state index in [0.717, 1.165) is 54.5 Å². The van der Waals surface area contributed by atoms with E-state index in [1.54, 1.807) is 12.1 Å². The molecule has 2 aromatic carbocycles. The second-order valence-corrected chi connectivity index (χ2v) is 7.38. The lowest BCUT2D eigenvalue weighted by Crippen LogP contribution is -2.24. The number of hydrogen-bond acceptors (Lipinski definition) is 2. The highest BCUT2D eigenvalue weighted by atomic mass is 19.4. The van der Waals surface area contributed by atoms with Gasteiger partial charge in [0, 0.05) is 0 Å². The summed E-state index contributed by atoms with van der Waals surface area (Å²) < 4.78 is 43.7. The summed E-state index contributed by atoms with van der Waals surface area (Å²) in [5.41, 5.74) is 2.91. The molecule has 0 N–H and O–H groups in total. The maximum atomic E-state index is 12.7. The van der Waals surface area contributed by atoms with Crippen LogP contribution in [0, 0.1) is 13.8 Å². The van der Waals surface area contributed by atoms with Crippen molar-refractivity contribution in [1.82, 2.24) is 0 Å². The molecule has 2 nitrogen and oxygen atoms in total. The summed E-state index contributed by atoms with van der Waals surface area (Å²) in [6, 6.07) is 11.1. The van der Waals surface area contributed by atoms with Gasteiger partial charge in [0.25, 0.3) is 0 Å². The fourth-order valence-corrected chi connectivity index (χ4v) is 3.77. The van der Waals surface area contributed by atoms with Crippen LogP contribution in [-0.4, -0.2) is 12.1 Å². The van der Waals surface area contributed by atoms with Crippen LogP contribution in [0.3, 0.4) is 0 Å². The highest BCUT2D eigenvalue weighted by Gasteiger charge is 2.31. The lowest BCUT2D eigenvalue weighted by Gasteiger charge is -2.28. The van der Waals surface area contributed by atoms with Gasteiger partial charge in [-0.15, -0.1) is 0 Å². The molecule has 0 heterocycles. The Morgan fingerprint density at radius 1 is 0.926 bits per heavy atom. The number of alkyl halides is 3. The standard InChI is InChI=1S/C22H23F3O2/c1-14-11-15(2)13-18(12-14)21(26)27-20-9-5-17(6-10-20)16-3-7-19(8-4-16)22(23,24)25/h3-4,7-8,11-13,17,20H,5-6,9-10H2,1-2H3. The number of carbonyl (C=O) groups excluding carboxylic acids is 1. The maximum absolute atomic E-state index is 12.7. The maximum Gasteiger partial charge on any atom is 0.416 e. The van der Waals surface area contributed by atoms with E-state index < -0.39 is 11.7 Å². The SMILES string of the molecule is Cc1cc(C)cc(C(=O)OC2CCC(c3ccc(C(F)(F)F)cc3)CC2)c1. The van der Waals surface area contributed by atoms with Gasteiger partial charge in [0.05, 0.1) is 11.1 Å². The Labute approximate surface area is 157 Å². The largest absolute Gasteiger partial charge is 0.459 e. The number of ether oxygens (including phenoxy) is 1. The first kappa shape index (κ1) is 19.5. The minimum atomic E-state index is -4.31. The van der Waals surface area contributed by atoms with Crippen molar-refractivity contribution in [3.63, 3.8) is 0 Å². The fourth-order valence-electron chi connectivity index (χ4n) is 3.77. The fraction of sp³-hybridized carbons (Fsp3) is 0.409. The first-order valence-electron chi connectivity index (χ1n) is 9.19. The van der Waals surface area contributed by atoms with E-state index in [1.807, 2.05) is 32.0 Å². The third-order valence-corrected chi connectivity index (χ3v) is 5.11. The molecular formula is C22H23F3O2. The zero-order chi connectivity index (χ0) is 19.6. The van der Waals surface area contributed by atoms with Crippen molar-refractivity contribution >= 4 is 5.97 Å². The quantitative estimate of drug-likeness (QED) is 0.596. The average Bonchev–Trinajstić information content (AvgIpc) is 2.61. The van der Waals surface area contributed by atoms with Gasteiger partial charge >= 0.3 is 12.1 Å². The molecule has 0 spiro atoms. The Balaban J connectivity index is 1.56. The molecule has 0 radical (unpaired) electrons. The predicted octanol–water partition coefficient (Wildman–Crippen LogP) is 6.21. The molecule has 0 aliphatic heterocycles. The molecular weight excluding hydrogens is 353 g/mol. The summed E-state index contributed by atoms with van der Waals surface area (Å²) in [5, 5.41) is 0. The Morgan fingerprint density at radius 3 is 2.00 bits per heavy atom. The first-order valence-corrected chi connectivity index (χ1v) is 9.19. The molecule has 0 aromatic heterocycles. The lowest BCUT2D eigenvalue weighted by atomic mass is 9.82. The van der Waals surface area contributed by atoms with Gasteiger partial charge in [0.1, 0.15) is 6.10 Å². The van der Waals surface area contributed by atoms with Crippen LogP contribution < -0.4 is 0 Å². The number of halogens is 3. The Morgan fingerprint density at radius 2 is 1.48 bits per heavy atom. The molecule has 27 heavy (non-hydrogen) atoms. The average molecular weight is 376 g/mol. The van der Waals surface area contributed by atoms with E-state index in [1.165, 1.54) is 0 Å². The van der Waals surface area contributed by atoms with Crippen molar-refractivity contribution in [3.8, 4) is 0 Å². The molecule has 0 bridgehead atoms. The number of aryl methyl sites for hydroxylation is 2. The van der Waals surface area contributed by atoms with Gasteiger partial charge in [-0.25, -0.2) is 4.79 Å². The second-order valence-electron chi connectivity index (χ2n) is 7.38. The summed E-state index contributed by atoms with van der Waals surface area (Å²) >= 11 is 0. The van der Waals surface area contributed by atoms with E-state index in [0.29, 0.717) is 5.56 Å². The Hall–Kier alpha value is -2.30. The molecule has 1 aliphatic rings. The number of carbonyl (C=O) groups is 1. The van der Waals surface area contributed by atoms with Gasteiger partial charge in [-0.1, -0.05) is 29.3 Å². The molecule has 0 amide bonds. The van der Waals surface area contributed by atoms with Crippen LogP contribution in [0.25, 0.3) is 0 Å². The van der Waals surface area contributed by atoms with E-state index in [9.17, 15) is 18.0 Å². The zero-order valence-corrected chi connectivity index (χ0v) is 15.5. The smallest absolute Gasteiger partial charge is 0.416 e. The Bertz CT molecular complexity index is 781. The van der Waals surface area contributed by atoms with Crippen LogP contribution in [0.1, 0.15) is 64.2 Å². The first-order chi connectivity index (χ1) is 12.7. The molecule has 144 valence electrons. The molecule has 1 aliphatic carbocycles. The van der Waals surface area contributed by atoms with E-state index in [-0.39, 0.29) is 18.0 Å². The van der Waals surface area contributed by atoms with Gasteiger partial charge in [-0.2, -0.15) is 13.2 Å². The van der Waals surface area contributed by atoms with Crippen LogP contribution in [0.15, 0.2) is 42.5 Å². The van der Waals surface area contributed by atoms with Crippen LogP contribution in [-0.2, 0) is 10.9 Å². The minimum absolute atomic E-state index is 0.135. The summed E-state index contributed by atoms with van der Waals surface area (Å²) in [4.78, 5) is 12.4. The monoisotopic (exact) mass is 376 g/mol. The molecule has 0 saturated heterocycles. The molecule has 2 aromatic rings. The van der Waals surface area contributed by atoms with Gasteiger partial charge in [-0.05, 0) is 75.3 Å². The third-order valence-electron chi connectivity index (χ3n) is 5.11. The molecule has 1 fully saturated rings. The lowest BCUT2D eigenvalue weighted by molar-refractivity contribution is -0.137. The highest BCUT2D eigenvalue weighted by Crippen LogP contribution is 2.36. The Kier molecular flexibility index (Phi) is 5.59. The highest BCUT2D eigenvalue weighted by molar-refractivity contribution is 5.90. The van der Waals surface area contributed by atoms with E-state index in [2.05, 4.69) is 0 Å². The molecule has 1 saturated carbocycles. The summed E-state index contributed by atoms with van der Waals surface area (Å²) in [6.07, 6.45) is -1.39. The van der Waals surface area contributed by atoms with Crippen molar-refractivity contribution in [2.24, 2.45) is 0 Å². The molecule has 5 heteroatoms. The zero-order valence-electron chi connectivity index (χ0n) is 15.5. The van der Waals surface area contributed by atoms with E-state index >= 15 is 0 Å². The van der Waals surface area contributed by atoms with Gasteiger partial charge in [0.2, 0.25) is 0 Å². The van der Waals surface area contributed by atoms with Gasteiger partial charge in [0.15, 0.2) is 0 Å². The van der Waals surface area contributed by atoms with Gasteiger partial charge < -0.3 is 4.74 Å². The number of rotatable bonds is 3. The summed E-state index contributed by atoms with van der Waals surface area (Å²) in [5.74, 6) is -0.0942. The number of hydrogen-bond donors (Lipinski definition) is 0. The van der Waals surface area contributed by atoms with Crippen molar-refractivity contribution in [3.05, 3.63) is 70.3 Å². The molecule has 0 atom stereocenters. The van der Waals surface area contributed by atoms with Crippen LogP contribution in [0.2, 0.25) is 0 Å². The number of esters is 1. The second kappa shape index (κ2) is 7.75. The van der Waals surface area contributed by atoms with Crippen molar-refractivity contribution in [2.45, 2.75) is 57.7 Å². The van der Waals surface area contributed by atoms with Gasteiger partial charge in [-0.3, -0.25) is 0 Å². The molecule has 3 rings (SSSR count). The summed E-state index contributed by atoms with van der Waals surface area (Å²) in [6.45, 7) is 3.89. The minimum Gasteiger partial charge on any atom is -0.459 e. The number of benzene rings is 2.